The molecular weight excluding hydrogens is 404 g/mol. The maximum atomic E-state index is 13.0. The van der Waals surface area contributed by atoms with Crippen LogP contribution in [-0.4, -0.2) is 60.7 Å². The number of rotatable bonds is 7. The van der Waals surface area contributed by atoms with E-state index in [2.05, 4.69) is 4.74 Å². The van der Waals surface area contributed by atoms with Crippen LogP contribution in [0.5, 0.6) is 11.5 Å². The first kappa shape index (κ1) is 21.6. The lowest BCUT2D eigenvalue weighted by Gasteiger charge is -2.15. The Morgan fingerprint density at radius 1 is 1.13 bits per heavy atom. The monoisotopic (exact) mass is 428 g/mol. The standard InChI is InChI=1S/C22H24N2O5S/c1-5-28-15-9-7-14-8-10-19(29-6-2)17(16(14)11-15)12-18-21(26)24(13-20(25)27-4)22(30)23(18)3/h7-12H,5-6,13H2,1-4H3/b18-12-. The van der Waals surface area contributed by atoms with Crippen LogP contribution >= 0.6 is 12.2 Å². The van der Waals surface area contributed by atoms with Gasteiger partial charge in [0.05, 0.1) is 20.3 Å². The summed E-state index contributed by atoms with van der Waals surface area (Å²) in [5, 5.41) is 2.11. The van der Waals surface area contributed by atoms with Gasteiger partial charge in [-0.05, 0) is 61.1 Å². The topological polar surface area (TPSA) is 68.3 Å². The normalized spacial score (nSPS) is 15.3. The number of hydrogen-bond acceptors (Lipinski definition) is 6. The highest BCUT2D eigenvalue weighted by molar-refractivity contribution is 7.80. The lowest BCUT2D eigenvalue weighted by Crippen LogP contribution is -2.36. The quantitative estimate of drug-likeness (QED) is 0.381. The summed E-state index contributed by atoms with van der Waals surface area (Å²) in [4.78, 5) is 27.5. The third kappa shape index (κ3) is 4.09. The molecule has 1 saturated heterocycles. The zero-order chi connectivity index (χ0) is 21.8. The van der Waals surface area contributed by atoms with Gasteiger partial charge in [0.15, 0.2) is 5.11 Å². The van der Waals surface area contributed by atoms with E-state index in [1.807, 2.05) is 44.2 Å². The molecule has 2 aromatic rings. The number of nitrogens with zero attached hydrogens (tertiary/aromatic N) is 2. The number of methoxy groups -OCH3 is 1. The van der Waals surface area contributed by atoms with E-state index >= 15 is 0 Å². The third-order valence-electron chi connectivity index (χ3n) is 4.74. The Hall–Kier alpha value is -3.13. The minimum atomic E-state index is -0.540. The number of esters is 1. The molecule has 158 valence electrons. The van der Waals surface area contributed by atoms with Gasteiger partial charge in [-0.3, -0.25) is 14.5 Å². The van der Waals surface area contributed by atoms with E-state index in [-0.39, 0.29) is 17.6 Å². The lowest BCUT2D eigenvalue weighted by molar-refractivity contribution is -0.143. The molecule has 0 saturated carbocycles. The maximum absolute atomic E-state index is 13.0. The Bertz CT molecular complexity index is 1030. The van der Waals surface area contributed by atoms with Crippen LogP contribution in [0, 0.1) is 0 Å². The van der Waals surface area contributed by atoms with Gasteiger partial charge in [-0.2, -0.15) is 0 Å². The summed E-state index contributed by atoms with van der Waals surface area (Å²) < 4.78 is 16.2. The first-order valence-corrected chi connectivity index (χ1v) is 10.0. The van der Waals surface area contributed by atoms with Gasteiger partial charge in [-0.25, -0.2) is 0 Å². The molecule has 8 heteroatoms. The predicted molar refractivity (Wildman–Crippen MR) is 118 cm³/mol. The van der Waals surface area contributed by atoms with Gasteiger partial charge in [0, 0.05) is 12.6 Å². The Kier molecular flexibility index (Phi) is 6.56. The van der Waals surface area contributed by atoms with Gasteiger partial charge in [0.2, 0.25) is 0 Å². The summed E-state index contributed by atoms with van der Waals surface area (Å²) in [6.07, 6.45) is 1.75. The zero-order valence-corrected chi connectivity index (χ0v) is 18.2. The largest absolute Gasteiger partial charge is 0.494 e. The highest BCUT2D eigenvalue weighted by Crippen LogP contribution is 2.34. The fourth-order valence-corrected chi connectivity index (χ4v) is 3.52. The molecule has 1 aliphatic heterocycles. The molecule has 1 aliphatic rings. The summed E-state index contributed by atoms with van der Waals surface area (Å²) in [6, 6.07) is 9.64. The number of thiocarbonyl (C=S) groups is 1. The Morgan fingerprint density at radius 2 is 1.83 bits per heavy atom. The second-order valence-electron chi connectivity index (χ2n) is 6.56. The van der Waals surface area contributed by atoms with Crippen LogP contribution in [0.15, 0.2) is 36.0 Å². The van der Waals surface area contributed by atoms with Crippen molar-refractivity contribution in [3.63, 3.8) is 0 Å². The fraction of sp³-hybridized carbons (Fsp3) is 0.318. The van der Waals surface area contributed by atoms with Crippen molar-refractivity contribution in [1.82, 2.24) is 9.80 Å². The second-order valence-corrected chi connectivity index (χ2v) is 6.93. The smallest absolute Gasteiger partial charge is 0.325 e. The molecule has 0 aromatic heterocycles. The minimum absolute atomic E-state index is 0.238. The Balaban J connectivity index is 2.14. The number of carbonyl (C=O) groups excluding carboxylic acids is 2. The van der Waals surface area contributed by atoms with E-state index in [4.69, 9.17) is 21.7 Å². The average Bonchev–Trinajstić information content (AvgIpc) is 2.93. The summed E-state index contributed by atoms with van der Waals surface area (Å²) in [5.74, 6) is 0.465. The van der Waals surface area contributed by atoms with E-state index in [1.54, 1.807) is 18.0 Å². The van der Waals surface area contributed by atoms with Gasteiger partial charge in [-0.1, -0.05) is 12.1 Å². The van der Waals surface area contributed by atoms with Gasteiger partial charge in [0.1, 0.15) is 23.7 Å². The van der Waals surface area contributed by atoms with Crippen LogP contribution in [0.25, 0.3) is 16.8 Å². The highest BCUT2D eigenvalue weighted by Gasteiger charge is 2.37. The average molecular weight is 429 g/mol. The molecule has 7 nitrogen and oxygen atoms in total. The van der Waals surface area contributed by atoms with Crippen molar-refractivity contribution in [2.24, 2.45) is 0 Å². The number of amides is 1. The van der Waals surface area contributed by atoms with Crippen molar-refractivity contribution in [1.29, 1.82) is 0 Å². The number of likely N-dealkylation sites (N-methyl/N-ethyl adjacent to an activating group) is 1. The predicted octanol–water partition coefficient (Wildman–Crippen LogP) is 3.21. The summed E-state index contributed by atoms with van der Waals surface area (Å²) in [7, 11) is 2.97. The van der Waals surface area contributed by atoms with E-state index in [0.717, 1.165) is 22.1 Å². The highest BCUT2D eigenvalue weighted by atomic mass is 32.1. The molecule has 0 aliphatic carbocycles. The molecule has 0 unspecified atom stereocenters. The molecular formula is C22H24N2O5S. The number of fused-ring (bicyclic) bond motifs is 1. The minimum Gasteiger partial charge on any atom is -0.494 e. The van der Waals surface area contributed by atoms with Crippen molar-refractivity contribution in [2.45, 2.75) is 13.8 Å². The fourth-order valence-electron chi connectivity index (χ4n) is 3.27. The second kappa shape index (κ2) is 9.13. The molecule has 0 radical (unpaired) electrons. The van der Waals surface area contributed by atoms with Crippen molar-refractivity contribution >= 4 is 46.1 Å². The van der Waals surface area contributed by atoms with Crippen molar-refractivity contribution in [3.8, 4) is 11.5 Å². The lowest BCUT2D eigenvalue weighted by atomic mass is 10.0. The summed E-state index contributed by atoms with van der Waals surface area (Å²) in [5.41, 5.74) is 1.09. The van der Waals surface area contributed by atoms with Crippen LogP contribution in [0.1, 0.15) is 19.4 Å². The number of carbonyl (C=O) groups is 2. The van der Waals surface area contributed by atoms with E-state index in [9.17, 15) is 9.59 Å². The first-order valence-electron chi connectivity index (χ1n) is 9.61. The SMILES string of the molecule is CCOc1ccc2ccc(OCC)c(/C=C3/C(=O)N(CC(=O)OC)C(=S)N3C)c2c1. The number of hydrogen-bond donors (Lipinski definition) is 0. The summed E-state index contributed by atoms with van der Waals surface area (Å²) in [6.45, 7) is 4.61. The number of benzene rings is 2. The van der Waals surface area contributed by atoms with Crippen LogP contribution < -0.4 is 9.47 Å². The van der Waals surface area contributed by atoms with Crippen molar-refractivity contribution < 1.29 is 23.8 Å². The molecule has 30 heavy (non-hydrogen) atoms. The van der Waals surface area contributed by atoms with Crippen molar-refractivity contribution in [3.05, 3.63) is 41.6 Å². The molecule has 2 aromatic carbocycles. The van der Waals surface area contributed by atoms with Gasteiger partial charge < -0.3 is 19.1 Å². The summed E-state index contributed by atoms with van der Waals surface area (Å²) >= 11 is 5.37. The molecule has 0 atom stereocenters. The van der Waals surface area contributed by atoms with Crippen molar-refractivity contribution in [2.75, 3.05) is 33.9 Å². The first-order chi connectivity index (χ1) is 14.4. The molecule has 3 rings (SSSR count). The van der Waals surface area contributed by atoms with Crippen LogP contribution in [0.3, 0.4) is 0 Å². The van der Waals surface area contributed by atoms with E-state index in [1.165, 1.54) is 12.0 Å². The molecule has 1 amide bonds. The van der Waals surface area contributed by atoms with Crippen LogP contribution in [0.4, 0.5) is 0 Å². The molecule has 1 heterocycles. The molecule has 0 N–H and O–H groups in total. The van der Waals surface area contributed by atoms with Crippen LogP contribution in [-0.2, 0) is 14.3 Å². The molecule has 0 spiro atoms. The van der Waals surface area contributed by atoms with E-state index < -0.39 is 5.97 Å². The molecule has 0 bridgehead atoms. The number of ether oxygens (including phenoxy) is 3. The Morgan fingerprint density at radius 3 is 2.50 bits per heavy atom. The maximum Gasteiger partial charge on any atom is 0.325 e. The molecule has 1 fully saturated rings. The zero-order valence-electron chi connectivity index (χ0n) is 17.4. The Labute approximate surface area is 180 Å². The third-order valence-corrected chi connectivity index (χ3v) is 5.24. The van der Waals surface area contributed by atoms with Gasteiger partial charge in [0.25, 0.3) is 5.91 Å². The van der Waals surface area contributed by atoms with Crippen LogP contribution in [0.2, 0.25) is 0 Å². The van der Waals surface area contributed by atoms with Gasteiger partial charge in [-0.15, -0.1) is 0 Å². The van der Waals surface area contributed by atoms with Gasteiger partial charge >= 0.3 is 5.97 Å². The van der Waals surface area contributed by atoms with E-state index in [0.29, 0.717) is 24.7 Å².